The highest BCUT2D eigenvalue weighted by molar-refractivity contribution is 6.25. The topological polar surface area (TPSA) is 54.4 Å². The second-order valence-electron chi connectivity index (χ2n) is 4.66. The number of benzene rings is 1. The number of phenolic OH excluding ortho intramolecular Hbond substituents is 1. The Morgan fingerprint density at radius 2 is 1.94 bits per heavy atom. The highest BCUT2D eigenvalue weighted by Crippen LogP contribution is 2.30. The lowest BCUT2D eigenvalue weighted by Gasteiger charge is -2.17. The number of carbonyl (C=O) groups is 2. The maximum atomic E-state index is 12.1. The van der Waals surface area contributed by atoms with Gasteiger partial charge >= 0.3 is 0 Å². The fourth-order valence-corrected chi connectivity index (χ4v) is 2.05. The average molecular weight is 230 g/mol. The van der Waals surface area contributed by atoms with E-state index < -0.39 is 0 Å². The van der Waals surface area contributed by atoms with Gasteiger partial charge in [-0.2, -0.15) is 0 Å². The van der Waals surface area contributed by atoms with Crippen LogP contribution < -0.4 is 0 Å². The zero-order chi connectivity index (χ0) is 12.6. The summed E-state index contributed by atoms with van der Waals surface area (Å²) in [5.74, 6) is -0.241. The van der Waals surface area contributed by atoms with Crippen molar-refractivity contribution in [2.75, 3.05) is 0 Å². The predicted molar refractivity (Wildman–Crippen MR) is 64.3 cm³/mol. The van der Waals surface area contributed by atoms with Crippen LogP contribution in [0.4, 0.5) is 0 Å². The van der Waals surface area contributed by atoms with Crippen LogP contribution in [0.2, 0.25) is 0 Å². The molecule has 2 rings (SSSR count). The Labute approximate surface area is 99.8 Å². The molecule has 0 bridgehead atoms. The van der Waals surface area contributed by atoms with E-state index in [-0.39, 0.29) is 22.9 Å². The maximum absolute atomic E-state index is 12.1. The number of fused-ring (bicyclic) bond motifs is 1. The molecule has 0 amide bonds. The standard InChI is InChI=1S/C14H14O3/c1-8(2)6-9-7-12(16)13-10(14(9)17)4-3-5-11(13)15/h3-5,7-8,15H,6H2,1-2H3. The van der Waals surface area contributed by atoms with Gasteiger partial charge in [-0.3, -0.25) is 9.59 Å². The molecule has 0 aliphatic heterocycles. The molecule has 0 aromatic heterocycles. The first kappa shape index (κ1) is 11.6. The zero-order valence-electron chi connectivity index (χ0n) is 9.86. The fourth-order valence-electron chi connectivity index (χ4n) is 2.05. The summed E-state index contributed by atoms with van der Waals surface area (Å²) in [6.45, 7) is 3.99. The summed E-state index contributed by atoms with van der Waals surface area (Å²) >= 11 is 0. The number of phenols is 1. The number of hydrogen-bond donors (Lipinski definition) is 1. The second-order valence-corrected chi connectivity index (χ2v) is 4.66. The minimum atomic E-state index is -0.284. The van der Waals surface area contributed by atoms with Crippen LogP contribution in [0.25, 0.3) is 0 Å². The number of Topliss-reactive ketones (excluding diaryl/α,β-unsaturated/α-hetero) is 1. The number of allylic oxidation sites excluding steroid dienone is 2. The van der Waals surface area contributed by atoms with E-state index in [1.165, 1.54) is 12.1 Å². The summed E-state index contributed by atoms with van der Waals surface area (Å²) in [6, 6.07) is 4.59. The van der Waals surface area contributed by atoms with E-state index in [1.54, 1.807) is 12.1 Å². The van der Waals surface area contributed by atoms with E-state index in [4.69, 9.17) is 0 Å². The van der Waals surface area contributed by atoms with Crippen LogP contribution in [0.5, 0.6) is 5.75 Å². The lowest BCUT2D eigenvalue weighted by atomic mass is 9.85. The highest BCUT2D eigenvalue weighted by Gasteiger charge is 2.27. The Kier molecular flexibility index (Phi) is 2.84. The first-order chi connectivity index (χ1) is 8.00. The van der Waals surface area contributed by atoms with E-state index in [1.807, 2.05) is 13.8 Å². The van der Waals surface area contributed by atoms with Gasteiger partial charge in [-0.15, -0.1) is 0 Å². The van der Waals surface area contributed by atoms with Crippen molar-refractivity contribution in [3.8, 4) is 5.75 Å². The van der Waals surface area contributed by atoms with Gasteiger partial charge in [0.25, 0.3) is 0 Å². The third-order valence-electron chi connectivity index (χ3n) is 2.76. The molecule has 0 spiro atoms. The van der Waals surface area contributed by atoms with Crippen molar-refractivity contribution in [2.45, 2.75) is 20.3 Å². The van der Waals surface area contributed by atoms with Crippen molar-refractivity contribution in [3.05, 3.63) is 41.0 Å². The molecule has 1 aliphatic carbocycles. The third-order valence-corrected chi connectivity index (χ3v) is 2.76. The molecule has 0 saturated carbocycles. The number of hydrogen-bond acceptors (Lipinski definition) is 3. The van der Waals surface area contributed by atoms with E-state index in [0.29, 0.717) is 23.5 Å². The predicted octanol–water partition coefficient (Wildman–Crippen LogP) is 2.74. The molecular formula is C14H14O3. The summed E-state index contributed by atoms with van der Waals surface area (Å²) < 4.78 is 0. The van der Waals surface area contributed by atoms with Gasteiger partial charge in [0.15, 0.2) is 11.6 Å². The molecule has 0 radical (unpaired) electrons. The minimum absolute atomic E-state index is 0.124. The summed E-state index contributed by atoms with van der Waals surface area (Å²) in [4.78, 5) is 24.0. The number of rotatable bonds is 2. The molecular weight excluding hydrogens is 216 g/mol. The Hall–Kier alpha value is -1.90. The van der Waals surface area contributed by atoms with E-state index in [0.717, 1.165) is 0 Å². The van der Waals surface area contributed by atoms with Crippen molar-refractivity contribution in [1.29, 1.82) is 0 Å². The van der Waals surface area contributed by atoms with Gasteiger partial charge in [-0.1, -0.05) is 26.0 Å². The minimum Gasteiger partial charge on any atom is -0.507 e. The average Bonchev–Trinajstić information content (AvgIpc) is 2.24. The third kappa shape index (κ3) is 2.00. The summed E-state index contributed by atoms with van der Waals surface area (Å²) in [6.07, 6.45) is 1.93. The van der Waals surface area contributed by atoms with E-state index in [9.17, 15) is 14.7 Å². The summed E-state index contributed by atoms with van der Waals surface area (Å²) in [5.41, 5.74) is 0.973. The van der Waals surface area contributed by atoms with E-state index >= 15 is 0 Å². The van der Waals surface area contributed by atoms with Gasteiger partial charge in [-0.05, 0) is 24.5 Å². The van der Waals surface area contributed by atoms with Crippen LogP contribution in [-0.4, -0.2) is 16.7 Å². The molecule has 1 aromatic carbocycles. The zero-order valence-corrected chi connectivity index (χ0v) is 9.86. The molecule has 88 valence electrons. The van der Waals surface area contributed by atoms with Crippen LogP contribution in [0, 0.1) is 5.92 Å². The molecule has 0 atom stereocenters. The quantitative estimate of drug-likeness (QED) is 0.849. The molecule has 0 saturated heterocycles. The first-order valence-corrected chi connectivity index (χ1v) is 5.62. The Morgan fingerprint density at radius 3 is 2.59 bits per heavy atom. The van der Waals surface area contributed by atoms with Gasteiger partial charge in [-0.25, -0.2) is 0 Å². The fraction of sp³-hybridized carbons (Fsp3) is 0.286. The normalized spacial score (nSPS) is 14.9. The number of aromatic hydroxyl groups is 1. The number of carbonyl (C=O) groups excluding carboxylic acids is 2. The monoisotopic (exact) mass is 230 g/mol. The van der Waals surface area contributed by atoms with E-state index in [2.05, 4.69) is 0 Å². The summed E-state index contributed by atoms with van der Waals surface area (Å²) in [5, 5.41) is 9.61. The summed E-state index contributed by atoms with van der Waals surface area (Å²) in [7, 11) is 0. The van der Waals surface area contributed by atoms with Crippen LogP contribution in [0.15, 0.2) is 29.8 Å². The van der Waals surface area contributed by atoms with Gasteiger partial charge in [0.1, 0.15) is 5.75 Å². The lowest BCUT2D eigenvalue weighted by Crippen LogP contribution is -2.18. The molecule has 17 heavy (non-hydrogen) atoms. The Bertz CT molecular complexity index is 524. The van der Waals surface area contributed by atoms with Crippen molar-refractivity contribution >= 4 is 11.6 Å². The molecule has 1 N–H and O–H groups in total. The van der Waals surface area contributed by atoms with Gasteiger partial charge in [0.2, 0.25) is 0 Å². The molecule has 3 heteroatoms. The van der Waals surface area contributed by atoms with Crippen molar-refractivity contribution in [1.82, 2.24) is 0 Å². The van der Waals surface area contributed by atoms with Crippen molar-refractivity contribution in [2.24, 2.45) is 5.92 Å². The van der Waals surface area contributed by atoms with Crippen LogP contribution >= 0.6 is 0 Å². The SMILES string of the molecule is CC(C)CC1=CC(=O)c2c(O)cccc2C1=O. The van der Waals surface area contributed by atoms with Crippen molar-refractivity contribution in [3.63, 3.8) is 0 Å². The molecule has 1 aromatic rings. The first-order valence-electron chi connectivity index (χ1n) is 5.62. The van der Waals surface area contributed by atoms with Crippen LogP contribution in [0.3, 0.4) is 0 Å². The second kappa shape index (κ2) is 4.17. The molecule has 3 nitrogen and oxygen atoms in total. The van der Waals surface area contributed by atoms with Gasteiger partial charge < -0.3 is 5.11 Å². The number of ketones is 2. The van der Waals surface area contributed by atoms with Crippen LogP contribution in [-0.2, 0) is 0 Å². The maximum Gasteiger partial charge on any atom is 0.190 e. The lowest BCUT2D eigenvalue weighted by molar-refractivity contribution is 0.0977. The van der Waals surface area contributed by atoms with Crippen LogP contribution in [0.1, 0.15) is 41.0 Å². The molecule has 0 fully saturated rings. The van der Waals surface area contributed by atoms with Gasteiger partial charge in [0, 0.05) is 11.1 Å². The largest absolute Gasteiger partial charge is 0.507 e. The smallest absolute Gasteiger partial charge is 0.190 e. The molecule has 0 unspecified atom stereocenters. The van der Waals surface area contributed by atoms with Crippen molar-refractivity contribution < 1.29 is 14.7 Å². The van der Waals surface area contributed by atoms with Gasteiger partial charge in [0.05, 0.1) is 5.56 Å². The molecule has 1 aliphatic rings. The Balaban J connectivity index is 2.50. The molecule has 0 heterocycles. The Morgan fingerprint density at radius 1 is 1.24 bits per heavy atom. The highest BCUT2D eigenvalue weighted by atomic mass is 16.3.